The Morgan fingerprint density at radius 1 is 1.33 bits per heavy atom. The molecule has 0 fully saturated rings. The van der Waals surface area contributed by atoms with E-state index in [1.807, 2.05) is 12.1 Å². The summed E-state index contributed by atoms with van der Waals surface area (Å²) in [6.07, 6.45) is 0. The lowest BCUT2D eigenvalue weighted by Gasteiger charge is -2.09. The number of hydrogen-bond donors (Lipinski definition) is 4. The standard InChI is InChI=1S/C9H11N3OS2/c1-10-7-5-3-2-4-6(7)8(13)11-12-9(14)15/h2-5,10H,1H3,(H,11,13)(H2,12,14,15). The molecule has 0 heterocycles. The Balaban J connectivity index is 2.77. The zero-order chi connectivity index (χ0) is 11.3. The summed E-state index contributed by atoms with van der Waals surface area (Å²) in [6, 6.07) is 7.16. The number of thiocarbonyl (C=S) groups is 1. The number of hydrogen-bond acceptors (Lipinski definition) is 3. The highest BCUT2D eigenvalue weighted by molar-refractivity contribution is 8.11. The maximum Gasteiger partial charge on any atom is 0.271 e. The summed E-state index contributed by atoms with van der Waals surface area (Å²) >= 11 is 8.47. The number of anilines is 1. The fraction of sp³-hybridized carbons (Fsp3) is 0.111. The predicted octanol–water partition coefficient (Wildman–Crippen LogP) is 1.18. The molecule has 0 atom stereocenters. The first-order valence-electron chi connectivity index (χ1n) is 4.21. The molecule has 0 aliphatic rings. The van der Waals surface area contributed by atoms with Gasteiger partial charge in [0.1, 0.15) is 4.32 Å². The normalized spacial score (nSPS) is 9.20. The van der Waals surface area contributed by atoms with Gasteiger partial charge in [-0.15, -0.1) is 12.6 Å². The van der Waals surface area contributed by atoms with Gasteiger partial charge in [0, 0.05) is 12.7 Å². The Morgan fingerprint density at radius 3 is 2.60 bits per heavy atom. The molecule has 1 amide bonds. The van der Waals surface area contributed by atoms with Crippen LogP contribution in [0.1, 0.15) is 10.4 Å². The van der Waals surface area contributed by atoms with Gasteiger partial charge in [-0.05, 0) is 12.1 Å². The second kappa shape index (κ2) is 5.57. The van der Waals surface area contributed by atoms with Crippen LogP contribution in [0.15, 0.2) is 24.3 Å². The maximum atomic E-state index is 11.6. The van der Waals surface area contributed by atoms with Crippen molar-refractivity contribution in [3.8, 4) is 0 Å². The van der Waals surface area contributed by atoms with Crippen LogP contribution in [0.2, 0.25) is 0 Å². The molecule has 0 saturated carbocycles. The molecular weight excluding hydrogens is 230 g/mol. The van der Waals surface area contributed by atoms with Crippen LogP contribution in [0.25, 0.3) is 0 Å². The molecule has 1 aromatic carbocycles. The Bertz CT molecular complexity index is 381. The molecule has 80 valence electrons. The molecule has 15 heavy (non-hydrogen) atoms. The molecule has 0 bridgehead atoms. The van der Waals surface area contributed by atoms with Crippen molar-refractivity contribution >= 4 is 40.8 Å². The predicted molar refractivity (Wildman–Crippen MR) is 68.2 cm³/mol. The van der Waals surface area contributed by atoms with Gasteiger partial charge in [-0.25, -0.2) is 0 Å². The van der Waals surface area contributed by atoms with E-state index in [1.165, 1.54) is 0 Å². The zero-order valence-corrected chi connectivity index (χ0v) is 9.78. The SMILES string of the molecule is CNc1ccccc1C(=O)NNC(=S)S. The molecule has 6 heteroatoms. The summed E-state index contributed by atoms with van der Waals surface area (Å²) < 4.78 is 0.213. The van der Waals surface area contributed by atoms with Crippen molar-refractivity contribution in [3.63, 3.8) is 0 Å². The molecule has 0 spiro atoms. The second-order valence-electron chi connectivity index (χ2n) is 2.68. The van der Waals surface area contributed by atoms with Crippen molar-refractivity contribution in [3.05, 3.63) is 29.8 Å². The fourth-order valence-corrected chi connectivity index (χ4v) is 1.18. The van der Waals surface area contributed by atoms with E-state index in [2.05, 4.69) is 41.0 Å². The van der Waals surface area contributed by atoms with Crippen LogP contribution in [0.3, 0.4) is 0 Å². The quantitative estimate of drug-likeness (QED) is 0.357. The van der Waals surface area contributed by atoms with Crippen molar-refractivity contribution in [2.24, 2.45) is 0 Å². The highest BCUT2D eigenvalue weighted by atomic mass is 32.1. The Morgan fingerprint density at radius 2 is 2.00 bits per heavy atom. The van der Waals surface area contributed by atoms with E-state index in [4.69, 9.17) is 0 Å². The average Bonchev–Trinajstić information content (AvgIpc) is 2.25. The topological polar surface area (TPSA) is 53.2 Å². The summed E-state index contributed by atoms with van der Waals surface area (Å²) in [5, 5.41) is 2.92. The minimum absolute atomic E-state index is 0.213. The number of thiol groups is 1. The number of hydrazine groups is 1. The van der Waals surface area contributed by atoms with Gasteiger partial charge >= 0.3 is 0 Å². The minimum Gasteiger partial charge on any atom is -0.387 e. The van der Waals surface area contributed by atoms with E-state index >= 15 is 0 Å². The van der Waals surface area contributed by atoms with Gasteiger partial charge in [0.2, 0.25) is 0 Å². The van der Waals surface area contributed by atoms with E-state index in [0.717, 1.165) is 5.69 Å². The number of amides is 1. The molecule has 0 unspecified atom stereocenters. The van der Waals surface area contributed by atoms with Crippen molar-refractivity contribution in [1.29, 1.82) is 0 Å². The van der Waals surface area contributed by atoms with Crippen molar-refractivity contribution in [2.75, 3.05) is 12.4 Å². The third-order valence-corrected chi connectivity index (χ3v) is 1.94. The third-order valence-electron chi connectivity index (χ3n) is 1.72. The Labute approximate surface area is 98.8 Å². The fourth-order valence-electron chi connectivity index (χ4n) is 1.08. The molecule has 0 aliphatic heterocycles. The van der Waals surface area contributed by atoms with Crippen LogP contribution in [0.5, 0.6) is 0 Å². The average molecular weight is 241 g/mol. The van der Waals surface area contributed by atoms with Gasteiger partial charge < -0.3 is 5.32 Å². The van der Waals surface area contributed by atoms with Crippen molar-refractivity contribution in [1.82, 2.24) is 10.9 Å². The molecule has 1 rings (SSSR count). The molecule has 0 saturated heterocycles. The van der Waals surface area contributed by atoms with Gasteiger partial charge in [0.25, 0.3) is 5.91 Å². The first-order valence-corrected chi connectivity index (χ1v) is 5.06. The van der Waals surface area contributed by atoms with Crippen LogP contribution in [-0.2, 0) is 0 Å². The van der Waals surface area contributed by atoms with Crippen LogP contribution < -0.4 is 16.2 Å². The highest BCUT2D eigenvalue weighted by Gasteiger charge is 2.08. The number of rotatable bonds is 2. The van der Waals surface area contributed by atoms with Crippen molar-refractivity contribution < 1.29 is 4.79 Å². The number of benzene rings is 1. The summed E-state index contributed by atoms with van der Waals surface area (Å²) in [5.74, 6) is -0.267. The van der Waals surface area contributed by atoms with Crippen molar-refractivity contribution in [2.45, 2.75) is 0 Å². The monoisotopic (exact) mass is 241 g/mol. The lowest BCUT2D eigenvalue weighted by Crippen LogP contribution is -2.39. The number of para-hydroxylation sites is 1. The first-order chi connectivity index (χ1) is 7.15. The smallest absolute Gasteiger partial charge is 0.271 e. The largest absolute Gasteiger partial charge is 0.387 e. The summed E-state index contributed by atoms with van der Waals surface area (Å²) in [4.78, 5) is 11.6. The van der Waals surface area contributed by atoms with Gasteiger partial charge in [-0.1, -0.05) is 24.4 Å². The molecule has 4 nitrogen and oxygen atoms in total. The number of carbonyl (C=O) groups is 1. The minimum atomic E-state index is -0.267. The molecule has 0 aliphatic carbocycles. The zero-order valence-electron chi connectivity index (χ0n) is 8.07. The molecule has 3 N–H and O–H groups in total. The van der Waals surface area contributed by atoms with E-state index < -0.39 is 0 Å². The van der Waals surface area contributed by atoms with Gasteiger partial charge in [-0.2, -0.15) is 0 Å². The molecule has 0 aromatic heterocycles. The third kappa shape index (κ3) is 3.41. The van der Waals surface area contributed by atoms with Gasteiger partial charge in [-0.3, -0.25) is 15.6 Å². The lowest BCUT2D eigenvalue weighted by molar-refractivity contribution is 0.0945. The summed E-state index contributed by atoms with van der Waals surface area (Å²) in [6.45, 7) is 0. The molecule has 1 aromatic rings. The summed E-state index contributed by atoms with van der Waals surface area (Å²) in [5.41, 5.74) is 6.18. The Kier molecular flexibility index (Phi) is 4.38. The van der Waals surface area contributed by atoms with E-state index in [0.29, 0.717) is 5.56 Å². The van der Waals surface area contributed by atoms with E-state index in [9.17, 15) is 4.79 Å². The second-order valence-corrected chi connectivity index (χ2v) is 3.84. The van der Waals surface area contributed by atoms with Crippen LogP contribution in [0, 0.1) is 0 Å². The van der Waals surface area contributed by atoms with Crippen LogP contribution in [0.4, 0.5) is 5.69 Å². The molecule has 0 radical (unpaired) electrons. The number of carbonyl (C=O) groups excluding carboxylic acids is 1. The molecular formula is C9H11N3OS2. The summed E-state index contributed by atoms with van der Waals surface area (Å²) in [7, 11) is 1.75. The van der Waals surface area contributed by atoms with E-state index in [-0.39, 0.29) is 10.2 Å². The maximum absolute atomic E-state index is 11.6. The van der Waals surface area contributed by atoms with Crippen LogP contribution >= 0.6 is 24.8 Å². The Hall–Kier alpha value is -1.27. The van der Waals surface area contributed by atoms with E-state index in [1.54, 1.807) is 19.2 Å². The lowest BCUT2D eigenvalue weighted by atomic mass is 10.1. The van der Waals surface area contributed by atoms with Gasteiger partial charge in [0.05, 0.1) is 5.56 Å². The van der Waals surface area contributed by atoms with Gasteiger partial charge in [0.15, 0.2) is 0 Å². The first kappa shape index (κ1) is 11.8. The highest BCUT2D eigenvalue weighted by Crippen LogP contribution is 2.13. The number of nitrogens with one attached hydrogen (secondary N) is 3. The van der Waals surface area contributed by atoms with Crippen LogP contribution in [-0.4, -0.2) is 17.3 Å².